The molecule has 16 nitrogen and oxygen atoms in total. The molecule has 2 unspecified atom stereocenters. The highest BCUT2D eigenvalue weighted by Gasteiger charge is 2.26. The third-order valence-corrected chi connectivity index (χ3v) is 10.9. The molecule has 2 atom stereocenters. The molecule has 0 saturated heterocycles. The lowest BCUT2D eigenvalue weighted by Gasteiger charge is -2.15. The molecule has 0 heterocycles. The molecule has 0 spiro atoms. The molecule has 0 radical (unpaired) electrons. The summed E-state index contributed by atoms with van der Waals surface area (Å²) in [6.45, 7) is 6.78. The minimum absolute atomic E-state index is 0.0908. The second-order valence-corrected chi connectivity index (χ2v) is 16.6. The second-order valence-electron chi connectivity index (χ2n) is 14.8. The number of carbonyl (C=O) groups excluding carboxylic acids is 6. The number of benzene rings is 5. The van der Waals surface area contributed by atoms with E-state index in [-0.39, 0.29) is 68.0 Å². The Bertz CT molecular complexity index is 2810. The Morgan fingerprint density at radius 3 is 1.39 bits per heavy atom. The Kier molecular flexibility index (Phi) is 20.0. The van der Waals surface area contributed by atoms with Gasteiger partial charge < -0.3 is 30.7 Å². The summed E-state index contributed by atoms with van der Waals surface area (Å²) in [6.07, 6.45) is 0.206. The van der Waals surface area contributed by atoms with E-state index in [4.69, 9.17) is 67.5 Å². The van der Waals surface area contributed by atoms with Gasteiger partial charge in [-0.05, 0) is 106 Å². The SMILES string of the molecule is CCOc1cc(NC(=O)c2cc(Cl)cc(N=NC(C(C)=O)C(=O)Nc3ccc(NC(=O)C(N=Nc4cc(Cl)cc(C(=O)Nc5ccc(CCl)c(OCC)c5)c4)C(C)=O)c(CCCl)c3)c2)ccc1CCl. The van der Waals surface area contributed by atoms with Crippen molar-refractivity contribution in [3.63, 3.8) is 0 Å². The topological polar surface area (TPSA) is 218 Å². The zero-order valence-corrected chi connectivity index (χ0v) is 41.3. The van der Waals surface area contributed by atoms with Crippen molar-refractivity contribution in [2.45, 2.75) is 58.0 Å². The van der Waals surface area contributed by atoms with Crippen molar-refractivity contribution in [1.29, 1.82) is 0 Å². The van der Waals surface area contributed by atoms with Crippen LogP contribution in [0.3, 0.4) is 0 Å². The van der Waals surface area contributed by atoms with Gasteiger partial charge >= 0.3 is 0 Å². The smallest absolute Gasteiger partial charge is 0.258 e. The highest BCUT2D eigenvalue weighted by Crippen LogP contribution is 2.30. The average Bonchev–Trinajstić information content (AvgIpc) is 3.30. The summed E-state index contributed by atoms with van der Waals surface area (Å²) in [6, 6.07) is 19.8. The number of nitrogens with zero attached hydrogens (tertiary/aromatic N) is 4. The first kappa shape index (κ1) is 53.5. The quantitative estimate of drug-likeness (QED) is 0.0296. The summed E-state index contributed by atoms with van der Waals surface area (Å²) < 4.78 is 11.3. The maximum atomic E-state index is 13.5. The van der Waals surface area contributed by atoms with Crippen LogP contribution < -0.4 is 30.7 Å². The largest absolute Gasteiger partial charge is 0.493 e. The van der Waals surface area contributed by atoms with Crippen molar-refractivity contribution in [2.75, 3.05) is 40.4 Å². The summed E-state index contributed by atoms with van der Waals surface area (Å²) >= 11 is 30.8. The molecule has 0 fully saturated rings. The lowest BCUT2D eigenvalue weighted by Crippen LogP contribution is -2.32. The number of aryl methyl sites for hydroxylation is 1. The minimum Gasteiger partial charge on any atom is -0.493 e. The maximum absolute atomic E-state index is 13.5. The number of carbonyl (C=O) groups is 6. The number of halogens is 5. The molecule has 0 bridgehead atoms. The van der Waals surface area contributed by atoms with Gasteiger partial charge in [0.15, 0.2) is 11.6 Å². The normalized spacial score (nSPS) is 12.0. The van der Waals surface area contributed by atoms with Gasteiger partial charge in [0.2, 0.25) is 12.1 Å². The summed E-state index contributed by atoms with van der Waals surface area (Å²) in [5, 5.41) is 27.3. The summed E-state index contributed by atoms with van der Waals surface area (Å²) in [7, 11) is 0. The van der Waals surface area contributed by atoms with Gasteiger partial charge in [-0.25, -0.2) is 0 Å². The van der Waals surface area contributed by atoms with Gasteiger partial charge in [-0.3, -0.25) is 28.8 Å². The first-order chi connectivity index (χ1) is 33.0. The van der Waals surface area contributed by atoms with Crippen LogP contribution in [0.15, 0.2) is 111 Å². The van der Waals surface area contributed by atoms with E-state index in [2.05, 4.69) is 41.7 Å². The Hall–Kier alpha value is -6.43. The van der Waals surface area contributed by atoms with E-state index in [0.29, 0.717) is 41.7 Å². The number of Topliss-reactive ketones (excluding diaryl/α,β-unsaturated/α-hetero) is 2. The lowest BCUT2D eigenvalue weighted by molar-refractivity contribution is -0.127. The monoisotopic (exact) mass is 1040 g/mol. The molecule has 4 N–H and O–H groups in total. The highest BCUT2D eigenvalue weighted by atomic mass is 35.5. The van der Waals surface area contributed by atoms with Crippen LogP contribution in [-0.4, -0.2) is 66.4 Å². The van der Waals surface area contributed by atoms with Crippen LogP contribution in [0.5, 0.6) is 11.5 Å². The minimum atomic E-state index is -1.61. The predicted octanol–water partition coefficient (Wildman–Crippen LogP) is 11.9. The van der Waals surface area contributed by atoms with Crippen LogP contribution in [-0.2, 0) is 37.4 Å². The third kappa shape index (κ3) is 15.3. The van der Waals surface area contributed by atoms with Crippen LogP contribution in [0.2, 0.25) is 10.0 Å². The number of ether oxygens (including phenoxy) is 2. The number of anilines is 4. The van der Waals surface area contributed by atoms with Gasteiger partial charge in [-0.15, -0.1) is 34.8 Å². The maximum Gasteiger partial charge on any atom is 0.258 e. The van der Waals surface area contributed by atoms with E-state index in [9.17, 15) is 28.8 Å². The fourth-order valence-corrected chi connectivity index (χ4v) is 7.50. The second kappa shape index (κ2) is 25.8. The summed E-state index contributed by atoms with van der Waals surface area (Å²) in [5.74, 6) is -2.41. The van der Waals surface area contributed by atoms with Crippen LogP contribution in [0.4, 0.5) is 34.1 Å². The van der Waals surface area contributed by atoms with Crippen LogP contribution in [0.1, 0.15) is 65.1 Å². The van der Waals surface area contributed by atoms with E-state index in [1.165, 1.54) is 54.6 Å². The van der Waals surface area contributed by atoms with E-state index >= 15 is 0 Å². The molecule has 0 aliphatic carbocycles. The number of nitrogens with one attached hydrogen (secondary N) is 4. The molecule has 5 aromatic rings. The zero-order chi connectivity index (χ0) is 50.2. The standard InChI is InChI=1S/C48H45Cl5N8O8/c1-5-68-41-22-36(9-7-29(41)24-50)54-45(64)31-15-33(52)20-38(18-31)58-60-43(26(3)62)47(66)56-35-11-12-40(28(17-35)13-14-49)57-48(67)44(27(4)63)61-59-39-19-32(16-34(53)21-39)46(65)55-37-10-8-30(25-51)42(23-37)69-6-2/h7-12,15-23,43-44H,5-6,13-14,24-25H2,1-4H3,(H,54,64)(H,55,65)(H,56,66)(H,57,67). The number of hydrogen-bond acceptors (Lipinski definition) is 12. The number of alkyl halides is 3. The molecule has 5 aromatic carbocycles. The fraction of sp³-hybridized carbons (Fsp3) is 0.250. The first-order valence-electron chi connectivity index (χ1n) is 21.1. The highest BCUT2D eigenvalue weighted by molar-refractivity contribution is 6.32. The summed E-state index contributed by atoms with van der Waals surface area (Å²) in [5.41, 5.74) is 3.75. The van der Waals surface area contributed by atoms with Gasteiger partial charge in [0.1, 0.15) is 11.5 Å². The van der Waals surface area contributed by atoms with Crippen molar-refractivity contribution in [3.05, 3.63) is 129 Å². The average molecular weight is 1040 g/mol. The third-order valence-electron chi connectivity index (χ3n) is 9.67. The molecule has 360 valence electrons. The fourth-order valence-electron chi connectivity index (χ4n) is 6.40. The predicted molar refractivity (Wildman–Crippen MR) is 269 cm³/mol. The lowest BCUT2D eigenvalue weighted by atomic mass is 10.1. The van der Waals surface area contributed by atoms with Gasteiger partial charge in [0.05, 0.1) is 36.3 Å². The van der Waals surface area contributed by atoms with Gasteiger partial charge in [0, 0.05) is 73.1 Å². The van der Waals surface area contributed by atoms with Gasteiger partial charge in [-0.2, -0.15) is 20.5 Å². The van der Waals surface area contributed by atoms with Crippen LogP contribution >= 0.6 is 58.0 Å². The Morgan fingerprint density at radius 2 is 0.971 bits per heavy atom. The summed E-state index contributed by atoms with van der Waals surface area (Å²) in [4.78, 5) is 78.8. The van der Waals surface area contributed by atoms with E-state index in [1.807, 2.05) is 13.8 Å². The molecule has 0 saturated carbocycles. The van der Waals surface area contributed by atoms with Crippen molar-refractivity contribution < 1.29 is 38.2 Å². The van der Waals surface area contributed by atoms with E-state index < -0.39 is 47.3 Å². The van der Waals surface area contributed by atoms with Crippen molar-refractivity contribution in [2.24, 2.45) is 20.5 Å². The van der Waals surface area contributed by atoms with Gasteiger partial charge in [0.25, 0.3) is 23.6 Å². The van der Waals surface area contributed by atoms with E-state index in [0.717, 1.165) is 25.0 Å². The first-order valence-corrected chi connectivity index (χ1v) is 23.4. The molecule has 69 heavy (non-hydrogen) atoms. The van der Waals surface area contributed by atoms with Gasteiger partial charge in [-0.1, -0.05) is 35.3 Å². The van der Waals surface area contributed by atoms with Crippen LogP contribution in [0.25, 0.3) is 0 Å². The zero-order valence-electron chi connectivity index (χ0n) is 37.5. The molecule has 21 heteroatoms. The number of amides is 4. The number of rotatable bonds is 22. The Balaban J connectivity index is 1.27. The number of hydrogen-bond donors (Lipinski definition) is 4. The molecule has 4 amide bonds. The van der Waals surface area contributed by atoms with E-state index in [1.54, 1.807) is 36.4 Å². The van der Waals surface area contributed by atoms with Crippen molar-refractivity contribution >= 4 is 127 Å². The Morgan fingerprint density at radius 1 is 0.536 bits per heavy atom. The molecular weight excluding hydrogens is 994 g/mol. The molecular formula is C48H45Cl5N8O8. The molecule has 0 aromatic heterocycles. The number of ketones is 2. The van der Waals surface area contributed by atoms with Crippen molar-refractivity contribution in [3.8, 4) is 11.5 Å². The van der Waals surface area contributed by atoms with Crippen molar-refractivity contribution in [1.82, 2.24) is 0 Å². The number of azo groups is 2. The Labute approximate surface area is 422 Å². The molecule has 0 aliphatic heterocycles. The molecule has 5 rings (SSSR count). The molecule has 0 aliphatic rings. The van der Waals surface area contributed by atoms with Crippen LogP contribution in [0, 0.1) is 0 Å².